The van der Waals surface area contributed by atoms with Crippen molar-refractivity contribution in [3.63, 3.8) is 0 Å². The molecule has 0 aliphatic heterocycles. The summed E-state index contributed by atoms with van der Waals surface area (Å²) in [4.78, 5) is 22.1. The molecule has 0 heterocycles. The summed E-state index contributed by atoms with van der Waals surface area (Å²) in [5, 5.41) is 13.2. The van der Waals surface area contributed by atoms with Crippen molar-refractivity contribution >= 4 is 29.1 Å². The Kier molecular flexibility index (Phi) is 6.08. The van der Waals surface area contributed by atoms with Gasteiger partial charge in [-0.05, 0) is 35.9 Å². The van der Waals surface area contributed by atoms with E-state index < -0.39 is 11.0 Å². The number of nitrogens with one attached hydrogen (secondary N) is 1. The van der Waals surface area contributed by atoms with Crippen molar-refractivity contribution in [1.29, 1.82) is 0 Å². The minimum atomic E-state index is -0.770. The Bertz CT molecular complexity index is 978. The molecular weight excluding hydrogens is 384 g/mol. The van der Waals surface area contributed by atoms with Crippen LogP contribution in [0, 0.1) is 10.1 Å². The monoisotopic (exact) mass is 398 g/mol. The van der Waals surface area contributed by atoms with Crippen molar-refractivity contribution < 1.29 is 19.2 Å². The number of hydrogen-bond donors (Lipinski definition) is 1. The first-order chi connectivity index (χ1) is 13.5. The zero-order valence-corrected chi connectivity index (χ0v) is 15.3. The number of nitro benzene ring substituents is 1. The lowest BCUT2D eigenvalue weighted by atomic mass is 10.2. The van der Waals surface area contributed by atoms with Gasteiger partial charge in [0.15, 0.2) is 0 Å². The first-order valence-corrected chi connectivity index (χ1v) is 8.58. The highest BCUT2D eigenvalue weighted by Crippen LogP contribution is 2.27. The van der Waals surface area contributed by atoms with E-state index in [2.05, 4.69) is 5.32 Å². The standard InChI is InChI=1S/C20H15ClN2O5/c21-18-12-15(23(25)26)6-11-19(18)22-20(24)28-17-9-7-16(8-10-17)27-13-14-4-2-1-3-5-14/h1-12H,13H2,(H,22,24). The number of halogens is 1. The molecule has 0 saturated heterocycles. The number of ether oxygens (including phenoxy) is 2. The van der Waals surface area contributed by atoms with Crippen molar-refractivity contribution in [2.45, 2.75) is 6.61 Å². The fourth-order valence-electron chi connectivity index (χ4n) is 2.31. The van der Waals surface area contributed by atoms with E-state index in [-0.39, 0.29) is 16.4 Å². The number of hydrogen-bond acceptors (Lipinski definition) is 5. The Morgan fingerprint density at radius 1 is 1.00 bits per heavy atom. The van der Waals surface area contributed by atoms with Crippen LogP contribution < -0.4 is 14.8 Å². The number of benzene rings is 3. The summed E-state index contributed by atoms with van der Waals surface area (Å²) in [5.41, 5.74) is 1.08. The first kappa shape index (κ1) is 19.2. The van der Waals surface area contributed by atoms with Crippen LogP contribution in [0.5, 0.6) is 11.5 Å². The number of rotatable bonds is 6. The number of anilines is 1. The van der Waals surface area contributed by atoms with Crippen LogP contribution in [0.2, 0.25) is 5.02 Å². The number of carbonyl (C=O) groups is 1. The van der Waals surface area contributed by atoms with Gasteiger partial charge >= 0.3 is 6.09 Å². The molecule has 0 aliphatic carbocycles. The van der Waals surface area contributed by atoms with Crippen molar-refractivity contribution in [3.8, 4) is 11.5 Å². The average Bonchev–Trinajstić information content (AvgIpc) is 2.69. The molecule has 142 valence electrons. The molecule has 0 aromatic heterocycles. The van der Waals surface area contributed by atoms with Crippen molar-refractivity contribution in [2.24, 2.45) is 0 Å². The number of carbonyl (C=O) groups excluding carboxylic acids is 1. The summed E-state index contributed by atoms with van der Waals surface area (Å²) in [5.74, 6) is 0.942. The summed E-state index contributed by atoms with van der Waals surface area (Å²) in [6.07, 6.45) is -0.770. The molecule has 1 amide bonds. The lowest BCUT2D eigenvalue weighted by Gasteiger charge is -2.09. The molecule has 0 saturated carbocycles. The minimum absolute atomic E-state index is 0.0378. The van der Waals surface area contributed by atoms with Gasteiger partial charge in [0.25, 0.3) is 5.69 Å². The molecule has 0 aliphatic rings. The predicted octanol–water partition coefficient (Wildman–Crippen LogP) is 5.44. The topological polar surface area (TPSA) is 90.7 Å². The molecule has 28 heavy (non-hydrogen) atoms. The Labute approximate surface area is 165 Å². The van der Waals surface area contributed by atoms with Gasteiger partial charge in [0, 0.05) is 12.1 Å². The van der Waals surface area contributed by atoms with Crippen LogP contribution in [-0.2, 0) is 6.61 Å². The zero-order valence-electron chi connectivity index (χ0n) is 14.5. The first-order valence-electron chi connectivity index (χ1n) is 8.21. The van der Waals surface area contributed by atoms with Crippen LogP contribution in [0.3, 0.4) is 0 Å². The smallest absolute Gasteiger partial charge is 0.417 e. The molecule has 1 N–H and O–H groups in total. The average molecular weight is 399 g/mol. The van der Waals surface area contributed by atoms with Crippen molar-refractivity contribution in [1.82, 2.24) is 0 Å². The van der Waals surface area contributed by atoms with E-state index in [1.807, 2.05) is 30.3 Å². The van der Waals surface area contributed by atoms with Crippen LogP contribution in [0.1, 0.15) is 5.56 Å². The third kappa shape index (κ3) is 5.21. The highest BCUT2D eigenvalue weighted by atomic mass is 35.5. The summed E-state index contributed by atoms with van der Waals surface area (Å²) in [6.45, 7) is 0.431. The second-order valence-electron chi connectivity index (χ2n) is 5.68. The van der Waals surface area contributed by atoms with Gasteiger partial charge in [0.05, 0.1) is 15.6 Å². The molecule has 0 atom stereocenters. The van der Waals surface area contributed by atoms with Gasteiger partial charge in [-0.15, -0.1) is 0 Å². The fraction of sp³-hybridized carbons (Fsp3) is 0.0500. The van der Waals surface area contributed by atoms with Gasteiger partial charge in [0.2, 0.25) is 0 Å². The van der Waals surface area contributed by atoms with Crippen molar-refractivity contribution in [3.05, 3.63) is 93.5 Å². The molecule has 0 radical (unpaired) electrons. The highest BCUT2D eigenvalue weighted by molar-refractivity contribution is 6.33. The summed E-state index contributed by atoms with van der Waals surface area (Å²) >= 11 is 5.94. The Balaban J connectivity index is 1.55. The number of non-ortho nitro benzene ring substituents is 1. The van der Waals surface area contributed by atoms with E-state index in [1.165, 1.54) is 12.1 Å². The lowest BCUT2D eigenvalue weighted by molar-refractivity contribution is -0.384. The summed E-state index contributed by atoms with van der Waals surface area (Å²) in [6, 6.07) is 20.0. The van der Waals surface area contributed by atoms with E-state index in [0.29, 0.717) is 18.1 Å². The highest BCUT2D eigenvalue weighted by Gasteiger charge is 2.12. The van der Waals surface area contributed by atoms with Gasteiger partial charge in [-0.2, -0.15) is 0 Å². The Hall–Kier alpha value is -3.58. The molecule has 0 spiro atoms. The van der Waals surface area contributed by atoms with E-state index in [9.17, 15) is 14.9 Å². The SMILES string of the molecule is O=C(Nc1ccc([N+](=O)[O-])cc1Cl)Oc1ccc(OCc2ccccc2)cc1. The fourth-order valence-corrected chi connectivity index (χ4v) is 2.53. The lowest BCUT2D eigenvalue weighted by Crippen LogP contribution is -2.17. The Morgan fingerprint density at radius 2 is 1.68 bits per heavy atom. The van der Waals surface area contributed by atoms with E-state index in [1.54, 1.807) is 24.3 Å². The maximum atomic E-state index is 12.0. The largest absolute Gasteiger partial charge is 0.489 e. The van der Waals surface area contributed by atoms with E-state index >= 15 is 0 Å². The molecule has 8 heteroatoms. The molecule has 3 aromatic carbocycles. The summed E-state index contributed by atoms with van der Waals surface area (Å²) in [7, 11) is 0. The normalized spacial score (nSPS) is 10.2. The van der Waals surface area contributed by atoms with Crippen LogP contribution in [-0.4, -0.2) is 11.0 Å². The zero-order chi connectivity index (χ0) is 19.9. The molecular formula is C20H15ClN2O5. The minimum Gasteiger partial charge on any atom is -0.489 e. The van der Waals surface area contributed by atoms with E-state index in [0.717, 1.165) is 11.6 Å². The second kappa shape index (κ2) is 8.88. The maximum absolute atomic E-state index is 12.0. The second-order valence-corrected chi connectivity index (χ2v) is 6.09. The predicted molar refractivity (Wildman–Crippen MR) is 105 cm³/mol. The molecule has 3 rings (SSSR count). The number of nitro groups is 1. The molecule has 3 aromatic rings. The Morgan fingerprint density at radius 3 is 2.32 bits per heavy atom. The van der Waals surface area contributed by atoms with Gasteiger partial charge < -0.3 is 9.47 Å². The van der Waals surface area contributed by atoms with Crippen LogP contribution >= 0.6 is 11.6 Å². The van der Waals surface area contributed by atoms with Crippen LogP contribution in [0.15, 0.2) is 72.8 Å². The number of nitrogens with zero attached hydrogens (tertiary/aromatic N) is 1. The maximum Gasteiger partial charge on any atom is 0.417 e. The van der Waals surface area contributed by atoms with Gasteiger partial charge in [-0.3, -0.25) is 15.4 Å². The van der Waals surface area contributed by atoms with Crippen molar-refractivity contribution in [2.75, 3.05) is 5.32 Å². The molecule has 0 bridgehead atoms. The van der Waals surface area contributed by atoms with Crippen LogP contribution in [0.4, 0.5) is 16.2 Å². The molecule has 0 unspecified atom stereocenters. The van der Waals surface area contributed by atoms with Gasteiger partial charge in [0.1, 0.15) is 18.1 Å². The molecule has 0 fully saturated rings. The van der Waals surface area contributed by atoms with Crippen LogP contribution in [0.25, 0.3) is 0 Å². The molecule has 7 nitrogen and oxygen atoms in total. The van der Waals surface area contributed by atoms with Gasteiger partial charge in [-0.25, -0.2) is 4.79 Å². The van der Waals surface area contributed by atoms with Gasteiger partial charge in [-0.1, -0.05) is 41.9 Å². The quantitative estimate of drug-likeness (QED) is 0.441. The number of amides is 1. The third-order valence-corrected chi connectivity index (χ3v) is 4.00. The summed E-state index contributed by atoms with van der Waals surface area (Å²) < 4.78 is 10.8. The van der Waals surface area contributed by atoms with E-state index in [4.69, 9.17) is 21.1 Å². The third-order valence-electron chi connectivity index (χ3n) is 3.68.